The highest BCUT2D eigenvalue weighted by molar-refractivity contribution is 5.61. The van der Waals surface area contributed by atoms with Gasteiger partial charge in [0.15, 0.2) is 0 Å². The van der Waals surface area contributed by atoms with E-state index in [0.29, 0.717) is 0 Å². The first kappa shape index (κ1) is 14.1. The van der Waals surface area contributed by atoms with Crippen molar-refractivity contribution < 1.29 is 0 Å². The van der Waals surface area contributed by atoms with Gasteiger partial charge in [0.2, 0.25) is 0 Å². The van der Waals surface area contributed by atoms with Crippen LogP contribution in [0.4, 0.5) is 22.7 Å². The summed E-state index contributed by atoms with van der Waals surface area (Å²) < 4.78 is 0. The Balaban J connectivity index is 2.21. The fourth-order valence-corrected chi connectivity index (χ4v) is 2.17. The second-order valence-electron chi connectivity index (χ2n) is 5.20. The Morgan fingerprint density at radius 3 is 2.50 bits per heavy atom. The molecule has 0 amide bonds. The maximum Gasteiger partial charge on any atom is 0.0506 e. The van der Waals surface area contributed by atoms with Crippen LogP contribution in [0.1, 0.15) is 18.5 Å². The van der Waals surface area contributed by atoms with Gasteiger partial charge < -0.3 is 21.7 Å². The van der Waals surface area contributed by atoms with Crippen LogP contribution in [0, 0.1) is 0 Å². The molecule has 5 N–H and O–H groups in total. The molecular formula is C16H22N4. The molecule has 4 nitrogen and oxygen atoms in total. The number of hydrogen-bond acceptors (Lipinski definition) is 4. The number of benzene rings is 2. The summed E-state index contributed by atoms with van der Waals surface area (Å²) in [5.41, 5.74) is 16.6. The average Bonchev–Trinajstić information content (AvgIpc) is 2.41. The summed E-state index contributed by atoms with van der Waals surface area (Å²) in [5.74, 6) is 0. The van der Waals surface area contributed by atoms with E-state index in [4.69, 9.17) is 11.5 Å². The third-order valence-corrected chi connectivity index (χ3v) is 3.32. The van der Waals surface area contributed by atoms with E-state index in [1.54, 1.807) is 0 Å². The van der Waals surface area contributed by atoms with Gasteiger partial charge in [0.25, 0.3) is 0 Å². The second kappa shape index (κ2) is 5.74. The van der Waals surface area contributed by atoms with Gasteiger partial charge in [-0.3, -0.25) is 0 Å². The smallest absolute Gasteiger partial charge is 0.0506 e. The highest BCUT2D eigenvalue weighted by Gasteiger charge is 2.10. The minimum absolute atomic E-state index is 0.0934. The molecule has 2 aromatic carbocycles. The quantitative estimate of drug-likeness (QED) is 0.747. The molecule has 0 spiro atoms. The molecule has 1 atom stereocenters. The molecule has 4 heteroatoms. The predicted molar refractivity (Wildman–Crippen MR) is 88.1 cm³/mol. The fourth-order valence-electron chi connectivity index (χ4n) is 2.17. The first-order valence-corrected chi connectivity index (χ1v) is 6.66. The van der Waals surface area contributed by atoms with E-state index in [9.17, 15) is 0 Å². The molecule has 20 heavy (non-hydrogen) atoms. The lowest BCUT2D eigenvalue weighted by Gasteiger charge is -2.20. The van der Waals surface area contributed by atoms with E-state index in [1.165, 1.54) is 0 Å². The largest absolute Gasteiger partial charge is 0.399 e. The molecule has 0 radical (unpaired) electrons. The van der Waals surface area contributed by atoms with Gasteiger partial charge in [-0.1, -0.05) is 6.07 Å². The van der Waals surface area contributed by atoms with Crippen molar-refractivity contribution in [2.24, 2.45) is 0 Å². The molecule has 0 bridgehead atoms. The molecule has 2 aromatic rings. The lowest BCUT2D eigenvalue weighted by atomic mass is 10.0. The van der Waals surface area contributed by atoms with Crippen LogP contribution in [0.5, 0.6) is 0 Å². The second-order valence-corrected chi connectivity index (χ2v) is 5.20. The first-order chi connectivity index (χ1) is 9.47. The Morgan fingerprint density at radius 2 is 1.80 bits per heavy atom. The Labute approximate surface area is 120 Å². The number of nitrogen functional groups attached to an aromatic ring is 2. The minimum Gasteiger partial charge on any atom is -0.399 e. The summed E-state index contributed by atoms with van der Waals surface area (Å²) in [6, 6.07) is 13.9. The van der Waals surface area contributed by atoms with Crippen molar-refractivity contribution in [2.45, 2.75) is 13.0 Å². The monoisotopic (exact) mass is 270 g/mol. The minimum atomic E-state index is 0.0934. The van der Waals surface area contributed by atoms with Crippen LogP contribution in [0.3, 0.4) is 0 Å². The number of nitrogens with zero attached hydrogens (tertiary/aromatic N) is 1. The van der Waals surface area contributed by atoms with Crippen LogP contribution in [-0.4, -0.2) is 14.1 Å². The van der Waals surface area contributed by atoms with Crippen LogP contribution in [-0.2, 0) is 0 Å². The average molecular weight is 270 g/mol. The summed E-state index contributed by atoms with van der Waals surface area (Å²) in [7, 11) is 4.05. The van der Waals surface area contributed by atoms with E-state index in [2.05, 4.69) is 29.3 Å². The topological polar surface area (TPSA) is 67.3 Å². The lowest BCUT2D eigenvalue weighted by molar-refractivity contribution is 0.888. The zero-order valence-electron chi connectivity index (χ0n) is 12.2. The summed E-state index contributed by atoms with van der Waals surface area (Å²) >= 11 is 0. The van der Waals surface area contributed by atoms with Crippen molar-refractivity contribution in [3.05, 3.63) is 48.0 Å². The van der Waals surface area contributed by atoms with Gasteiger partial charge in [0.05, 0.1) is 6.04 Å². The predicted octanol–water partition coefficient (Wildman–Crippen LogP) is 3.09. The summed E-state index contributed by atoms with van der Waals surface area (Å²) in [5, 5.41) is 3.46. The Bertz CT molecular complexity index is 593. The molecule has 0 aliphatic carbocycles. The van der Waals surface area contributed by atoms with Crippen LogP contribution >= 0.6 is 0 Å². The van der Waals surface area contributed by atoms with E-state index < -0.39 is 0 Å². The molecular weight excluding hydrogens is 248 g/mol. The Hall–Kier alpha value is -2.36. The van der Waals surface area contributed by atoms with Gasteiger partial charge in [-0.25, -0.2) is 0 Å². The van der Waals surface area contributed by atoms with Crippen molar-refractivity contribution in [2.75, 3.05) is 35.8 Å². The van der Waals surface area contributed by atoms with E-state index >= 15 is 0 Å². The zero-order valence-corrected chi connectivity index (χ0v) is 12.2. The molecule has 0 aliphatic heterocycles. The maximum atomic E-state index is 6.02. The molecule has 0 saturated carbocycles. The summed E-state index contributed by atoms with van der Waals surface area (Å²) in [4.78, 5) is 2.07. The zero-order chi connectivity index (χ0) is 14.7. The highest BCUT2D eigenvalue weighted by atomic mass is 15.1. The van der Waals surface area contributed by atoms with Crippen LogP contribution < -0.4 is 21.7 Å². The Kier molecular flexibility index (Phi) is 4.03. The van der Waals surface area contributed by atoms with Crippen LogP contribution in [0.2, 0.25) is 0 Å². The molecule has 0 aliphatic rings. The third-order valence-electron chi connectivity index (χ3n) is 3.32. The molecule has 106 valence electrons. The van der Waals surface area contributed by atoms with Gasteiger partial charge in [-0.2, -0.15) is 0 Å². The SMILES string of the molecule is CC(Nc1cccc(N(C)C)c1)c1cc(N)ccc1N. The normalized spacial score (nSPS) is 11.9. The number of rotatable bonds is 4. The molecule has 2 rings (SSSR count). The van der Waals surface area contributed by atoms with Gasteiger partial charge in [0, 0.05) is 36.8 Å². The maximum absolute atomic E-state index is 6.02. The van der Waals surface area contributed by atoms with E-state index in [-0.39, 0.29) is 6.04 Å². The van der Waals surface area contributed by atoms with Gasteiger partial charge in [-0.15, -0.1) is 0 Å². The lowest BCUT2D eigenvalue weighted by Crippen LogP contribution is -2.11. The number of nitrogens with one attached hydrogen (secondary N) is 1. The number of nitrogens with two attached hydrogens (primary N) is 2. The summed E-state index contributed by atoms with van der Waals surface area (Å²) in [6.07, 6.45) is 0. The molecule has 0 heterocycles. The van der Waals surface area contributed by atoms with Gasteiger partial charge in [-0.05, 0) is 48.9 Å². The van der Waals surface area contributed by atoms with Crippen molar-refractivity contribution >= 4 is 22.7 Å². The third kappa shape index (κ3) is 3.15. The Morgan fingerprint density at radius 1 is 1.05 bits per heavy atom. The molecule has 0 saturated heterocycles. The van der Waals surface area contributed by atoms with E-state index in [1.807, 2.05) is 44.4 Å². The molecule has 0 fully saturated rings. The molecule has 1 unspecified atom stereocenters. The standard InChI is InChI=1S/C16H22N4/c1-11(15-9-12(17)7-8-16(15)18)19-13-5-4-6-14(10-13)20(2)3/h4-11,19H,17-18H2,1-3H3. The highest BCUT2D eigenvalue weighted by Crippen LogP contribution is 2.27. The van der Waals surface area contributed by atoms with Crippen LogP contribution in [0.15, 0.2) is 42.5 Å². The first-order valence-electron chi connectivity index (χ1n) is 6.66. The van der Waals surface area contributed by atoms with Gasteiger partial charge in [0.1, 0.15) is 0 Å². The molecule has 0 aromatic heterocycles. The summed E-state index contributed by atoms with van der Waals surface area (Å²) in [6.45, 7) is 2.08. The van der Waals surface area contributed by atoms with Crippen LogP contribution in [0.25, 0.3) is 0 Å². The van der Waals surface area contributed by atoms with Crippen molar-refractivity contribution in [1.29, 1.82) is 0 Å². The van der Waals surface area contributed by atoms with Crippen molar-refractivity contribution in [3.8, 4) is 0 Å². The number of anilines is 4. The van der Waals surface area contributed by atoms with Crippen molar-refractivity contribution in [1.82, 2.24) is 0 Å². The van der Waals surface area contributed by atoms with Crippen molar-refractivity contribution in [3.63, 3.8) is 0 Å². The number of hydrogen-bond donors (Lipinski definition) is 3. The van der Waals surface area contributed by atoms with Gasteiger partial charge >= 0.3 is 0 Å². The fraction of sp³-hybridized carbons (Fsp3) is 0.250. The van der Waals surface area contributed by atoms with E-state index in [0.717, 1.165) is 28.3 Å².